The van der Waals surface area contributed by atoms with Gasteiger partial charge in [-0.3, -0.25) is 4.57 Å². The number of carbonyl (C=O) groups is 1. The van der Waals surface area contributed by atoms with Gasteiger partial charge >= 0.3 is 13.6 Å². The Bertz CT molecular complexity index is 295. The maximum atomic E-state index is 11.4. The fourth-order valence-electron chi connectivity index (χ4n) is 1.43. The molecule has 1 unspecified atom stereocenters. The van der Waals surface area contributed by atoms with Crippen LogP contribution in [0, 0.1) is 0 Å². The Hall–Kier alpha value is -0.420. The Labute approximate surface area is 101 Å². The zero-order valence-electron chi connectivity index (χ0n) is 10.7. The van der Waals surface area contributed by atoms with Crippen LogP contribution in [0.15, 0.2) is 0 Å². The second-order valence-electron chi connectivity index (χ2n) is 4.32. The monoisotopic (exact) mass is 268 g/mol. The van der Waals surface area contributed by atoms with Crippen molar-refractivity contribution in [3.05, 3.63) is 0 Å². The summed E-state index contributed by atoms with van der Waals surface area (Å²) in [5.41, 5.74) is -0.784. The predicted molar refractivity (Wildman–Crippen MR) is 62.5 cm³/mol. The molecule has 0 heterocycles. The number of hydrogen-bond donors (Lipinski definition) is 2. The van der Waals surface area contributed by atoms with Gasteiger partial charge in [0.2, 0.25) is 0 Å². The largest absolute Gasteiger partial charge is 0.464 e. The average molecular weight is 268 g/mol. The third kappa shape index (κ3) is 6.17. The molecule has 102 valence electrons. The molecule has 2 N–H and O–H groups in total. The Morgan fingerprint density at radius 3 is 2.24 bits per heavy atom. The van der Waals surface area contributed by atoms with E-state index in [2.05, 4.69) is 4.74 Å². The molecule has 1 atom stereocenters. The Kier molecular flexibility index (Phi) is 6.34. The highest BCUT2D eigenvalue weighted by Gasteiger charge is 2.41. The first-order valence-corrected chi connectivity index (χ1v) is 7.22. The van der Waals surface area contributed by atoms with Crippen molar-refractivity contribution in [2.45, 2.75) is 52.0 Å². The van der Waals surface area contributed by atoms with Gasteiger partial charge in [-0.1, -0.05) is 13.3 Å². The van der Waals surface area contributed by atoms with Crippen LogP contribution in [0.2, 0.25) is 0 Å². The SMILES string of the molecule is CCCC(C)(C)OC(C(=O)OCC)P(=O)(O)O. The Balaban J connectivity index is 4.84. The summed E-state index contributed by atoms with van der Waals surface area (Å²) in [5.74, 6) is -2.87. The third-order valence-corrected chi connectivity index (χ3v) is 3.00. The van der Waals surface area contributed by atoms with Crippen molar-refractivity contribution in [1.29, 1.82) is 0 Å². The molecule has 0 radical (unpaired) electrons. The average Bonchev–Trinajstić information content (AvgIpc) is 2.12. The smallest absolute Gasteiger partial charge is 0.365 e. The van der Waals surface area contributed by atoms with E-state index < -0.39 is 25.0 Å². The molecule has 0 aromatic carbocycles. The molecule has 0 aromatic rings. The molecule has 0 bridgehead atoms. The summed E-state index contributed by atoms with van der Waals surface area (Å²) in [4.78, 5) is 29.6. The molecule has 0 aliphatic heterocycles. The van der Waals surface area contributed by atoms with E-state index in [1.165, 1.54) is 0 Å². The fourth-order valence-corrected chi connectivity index (χ4v) is 2.20. The first-order chi connectivity index (χ1) is 7.64. The van der Waals surface area contributed by atoms with Crippen LogP contribution in [-0.2, 0) is 18.8 Å². The van der Waals surface area contributed by atoms with E-state index >= 15 is 0 Å². The van der Waals surface area contributed by atoms with Crippen LogP contribution < -0.4 is 0 Å². The van der Waals surface area contributed by atoms with Gasteiger partial charge in [0, 0.05) is 0 Å². The summed E-state index contributed by atoms with van der Waals surface area (Å²) < 4.78 is 21.0. The summed E-state index contributed by atoms with van der Waals surface area (Å²) in [6.07, 6.45) is 1.37. The first-order valence-electron chi connectivity index (χ1n) is 5.53. The van der Waals surface area contributed by atoms with Crippen LogP contribution in [0.25, 0.3) is 0 Å². The van der Waals surface area contributed by atoms with E-state index in [0.717, 1.165) is 6.42 Å². The maximum absolute atomic E-state index is 11.4. The second-order valence-corrected chi connectivity index (χ2v) is 5.97. The molecule has 7 heteroatoms. The molecule has 0 saturated heterocycles. The molecule has 0 rings (SSSR count). The Morgan fingerprint density at radius 1 is 1.35 bits per heavy atom. The zero-order valence-corrected chi connectivity index (χ0v) is 11.6. The van der Waals surface area contributed by atoms with Crippen LogP contribution >= 0.6 is 7.60 Å². The molecule has 0 aliphatic carbocycles. The lowest BCUT2D eigenvalue weighted by molar-refractivity contribution is -0.160. The van der Waals surface area contributed by atoms with E-state index in [4.69, 9.17) is 14.5 Å². The molecule has 0 spiro atoms. The van der Waals surface area contributed by atoms with Gasteiger partial charge in [-0.2, -0.15) is 0 Å². The van der Waals surface area contributed by atoms with Crippen LogP contribution in [-0.4, -0.2) is 33.8 Å². The highest BCUT2D eigenvalue weighted by molar-refractivity contribution is 7.53. The molecule has 0 saturated carbocycles. The van der Waals surface area contributed by atoms with Gasteiger partial charge in [-0.25, -0.2) is 4.79 Å². The van der Waals surface area contributed by atoms with Crippen molar-refractivity contribution in [2.75, 3.05) is 6.61 Å². The van der Waals surface area contributed by atoms with Crippen molar-refractivity contribution in [1.82, 2.24) is 0 Å². The number of carbonyl (C=O) groups excluding carboxylic acids is 1. The first kappa shape index (κ1) is 16.6. The quantitative estimate of drug-likeness (QED) is 0.538. The topological polar surface area (TPSA) is 93.1 Å². The molecule has 0 aliphatic rings. The second kappa shape index (κ2) is 6.50. The lowest BCUT2D eigenvalue weighted by Crippen LogP contribution is -2.36. The van der Waals surface area contributed by atoms with Crippen LogP contribution in [0.4, 0.5) is 0 Å². The third-order valence-electron chi connectivity index (χ3n) is 2.08. The number of esters is 1. The molecule has 6 nitrogen and oxygen atoms in total. The van der Waals surface area contributed by atoms with E-state index in [0.29, 0.717) is 6.42 Å². The van der Waals surface area contributed by atoms with Gasteiger partial charge in [0.25, 0.3) is 5.85 Å². The van der Waals surface area contributed by atoms with E-state index in [1.54, 1.807) is 20.8 Å². The standard InChI is InChI=1S/C10H21O6P/c1-5-7-10(3,4)16-9(17(12,13)14)8(11)15-6-2/h9H,5-7H2,1-4H3,(H2,12,13,14). The summed E-state index contributed by atoms with van der Waals surface area (Å²) >= 11 is 0. The summed E-state index contributed by atoms with van der Waals surface area (Å²) in [6.45, 7) is 6.89. The van der Waals surface area contributed by atoms with Crippen molar-refractivity contribution in [2.24, 2.45) is 0 Å². The molecule has 0 aromatic heterocycles. The molecule has 17 heavy (non-hydrogen) atoms. The molecular formula is C10H21O6P. The van der Waals surface area contributed by atoms with Crippen molar-refractivity contribution in [3.8, 4) is 0 Å². The van der Waals surface area contributed by atoms with Crippen molar-refractivity contribution >= 4 is 13.6 Å². The summed E-state index contributed by atoms with van der Waals surface area (Å²) in [5, 5.41) is 0. The summed E-state index contributed by atoms with van der Waals surface area (Å²) in [7, 11) is -4.68. The van der Waals surface area contributed by atoms with Crippen LogP contribution in [0.5, 0.6) is 0 Å². The van der Waals surface area contributed by atoms with Crippen LogP contribution in [0.1, 0.15) is 40.5 Å². The minimum Gasteiger partial charge on any atom is -0.464 e. The van der Waals surface area contributed by atoms with Crippen molar-refractivity contribution < 1.29 is 28.6 Å². The fraction of sp³-hybridized carbons (Fsp3) is 0.900. The Morgan fingerprint density at radius 2 is 1.88 bits per heavy atom. The highest BCUT2D eigenvalue weighted by Crippen LogP contribution is 2.44. The highest BCUT2D eigenvalue weighted by atomic mass is 31.2. The lowest BCUT2D eigenvalue weighted by Gasteiger charge is -2.29. The number of ether oxygens (including phenoxy) is 2. The lowest BCUT2D eigenvalue weighted by atomic mass is 10.0. The van der Waals surface area contributed by atoms with Gasteiger partial charge in [-0.05, 0) is 27.2 Å². The number of hydrogen-bond acceptors (Lipinski definition) is 4. The van der Waals surface area contributed by atoms with Gasteiger partial charge in [-0.15, -0.1) is 0 Å². The molecule has 0 amide bonds. The minimum absolute atomic E-state index is 0.0485. The zero-order chi connectivity index (χ0) is 13.7. The van der Waals surface area contributed by atoms with Gasteiger partial charge < -0.3 is 19.3 Å². The molecule has 0 fully saturated rings. The van der Waals surface area contributed by atoms with Gasteiger partial charge in [0.05, 0.1) is 12.2 Å². The predicted octanol–water partition coefficient (Wildman–Crippen LogP) is 1.65. The normalized spacial score (nSPS) is 14.5. The maximum Gasteiger partial charge on any atom is 0.365 e. The van der Waals surface area contributed by atoms with Gasteiger partial charge in [0.1, 0.15) is 0 Å². The summed E-state index contributed by atoms with van der Waals surface area (Å²) in [6, 6.07) is 0. The number of rotatable bonds is 7. The van der Waals surface area contributed by atoms with Crippen molar-refractivity contribution in [3.63, 3.8) is 0 Å². The van der Waals surface area contributed by atoms with Gasteiger partial charge in [0.15, 0.2) is 0 Å². The minimum atomic E-state index is -4.68. The van der Waals surface area contributed by atoms with Crippen LogP contribution in [0.3, 0.4) is 0 Å². The van der Waals surface area contributed by atoms with E-state index in [9.17, 15) is 9.36 Å². The van der Waals surface area contributed by atoms with E-state index in [1.807, 2.05) is 6.92 Å². The molecular weight excluding hydrogens is 247 g/mol. The van der Waals surface area contributed by atoms with E-state index in [-0.39, 0.29) is 6.61 Å².